The van der Waals surface area contributed by atoms with E-state index in [4.69, 9.17) is 14.2 Å². The first-order valence-corrected chi connectivity index (χ1v) is 8.52. The van der Waals surface area contributed by atoms with Crippen molar-refractivity contribution < 1.29 is 19.0 Å². The van der Waals surface area contributed by atoms with E-state index < -0.39 is 0 Å². The van der Waals surface area contributed by atoms with E-state index in [1.807, 2.05) is 11.8 Å². The Hall–Kier alpha value is -0.850. The third-order valence-corrected chi connectivity index (χ3v) is 5.47. The molecule has 1 amide bonds. The molecule has 3 aliphatic rings. The minimum Gasteiger partial charge on any atom is -0.450 e. The second kappa shape index (κ2) is 6.34. The molecule has 3 heterocycles. The Morgan fingerprint density at radius 3 is 2.18 bits per heavy atom. The van der Waals surface area contributed by atoms with Crippen LogP contribution in [0.25, 0.3) is 0 Å². The molecule has 6 nitrogen and oxygen atoms in total. The van der Waals surface area contributed by atoms with Gasteiger partial charge in [0.1, 0.15) is 0 Å². The van der Waals surface area contributed by atoms with E-state index in [0.717, 1.165) is 65.1 Å². The van der Waals surface area contributed by atoms with Crippen molar-refractivity contribution >= 4 is 6.09 Å². The van der Waals surface area contributed by atoms with Crippen LogP contribution in [-0.2, 0) is 14.2 Å². The van der Waals surface area contributed by atoms with Gasteiger partial charge in [-0.3, -0.25) is 4.90 Å². The molecule has 0 aliphatic carbocycles. The molecule has 0 saturated carbocycles. The van der Waals surface area contributed by atoms with Crippen molar-refractivity contribution in [1.29, 1.82) is 0 Å². The molecule has 22 heavy (non-hydrogen) atoms. The van der Waals surface area contributed by atoms with Crippen LogP contribution in [0.3, 0.4) is 0 Å². The Morgan fingerprint density at radius 2 is 1.64 bits per heavy atom. The number of hydrogen-bond donors (Lipinski definition) is 0. The first-order chi connectivity index (χ1) is 10.6. The molecule has 3 saturated heterocycles. The van der Waals surface area contributed by atoms with Crippen LogP contribution in [0.4, 0.5) is 4.79 Å². The summed E-state index contributed by atoms with van der Waals surface area (Å²) in [7, 11) is 0. The summed E-state index contributed by atoms with van der Waals surface area (Å²) >= 11 is 0. The highest BCUT2D eigenvalue weighted by Crippen LogP contribution is 2.37. The van der Waals surface area contributed by atoms with Gasteiger partial charge in [-0.2, -0.15) is 0 Å². The summed E-state index contributed by atoms with van der Waals surface area (Å²) in [6, 6.07) is 0. The molecule has 0 N–H and O–H groups in total. The predicted octanol–water partition coefficient (Wildman–Crippen LogP) is 1.84. The zero-order valence-electron chi connectivity index (χ0n) is 13.8. The molecule has 6 heteroatoms. The van der Waals surface area contributed by atoms with Crippen molar-refractivity contribution in [1.82, 2.24) is 9.80 Å². The molecule has 3 fully saturated rings. The molecule has 0 aromatic carbocycles. The largest absolute Gasteiger partial charge is 0.450 e. The summed E-state index contributed by atoms with van der Waals surface area (Å²) in [5.41, 5.74) is 0.170. The molecule has 0 atom stereocenters. The van der Waals surface area contributed by atoms with Crippen LogP contribution in [0.5, 0.6) is 0 Å². The Bertz CT molecular complexity index is 391. The summed E-state index contributed by atoms with van der Waals surface area (Å²) in [6.45, 7) is 9.66. The number of nitrogens with zero attached hydrogens (tertiary/aromatic N) is 2. The number of amides is 1. The Labute approximate surface area is 132 Å². The van der Waals surface area contributed by atoms with Crippen molar-refractivity contribution in [2.24, 2.45) is 0 Å². The number of ether oxygens (including phenoxy) is 3. The number of carbonyl (C=O) groups excluding carboxylic acids is 1. The molecule has 3 aliphatic heterocycles. The summed E-state index contributed by atoms with van der Waals surface area (Å²) in [6.07, 6.45) is 3.73. The summed E-state index contributed by atoms with van der Waals surface area (Å²) in [4.78, 5) is 16.2. The van der Waals surface area contributed by atoms with E-state index >= 15 is 0 Å². The summed E-state index contributed by atoms with van der Waals surface area (Å²) in [5.74, 6) is -0.307. The first kappa shape index (κ1) is 16.0. The Morgan fingerprint density at radius 1 is 1.05 bits per heavy atom. The fourth-order valence-corrected chi connectivity index (χ4v) is 3.87. The molecule has 0 aromatic rings. The highest BCUT2D eigenvalue weighted by atomic mass is 16.7. The van der Waals surface area contributed by atoms with E-state index in [0.29, 0.717) is 6.61 Å². The maximum Gasteiger partial charge on any atom is 0.409 e. The summed E-state index contributed by atoms with van der Waals surface area (Å²) in [5, 5.41) is 0. The van der Waals surface area contributed by atoms with Gasteiger partial charge in [-0.1, -0.05) is 0 Å². The average Bonchev–Trinajstić information content (AvgIpc) is 2.97. The number of carbonyl (C=O) groups is 1. The monoisotopic (exact) mass is 312 g/mol. The molecular weight excluding hydrogens is 284 g/mol. The molecule has 0 unspecified atom stereocenters. The smallest absolute Gasteiger partial charge is 0.409 e. The lowest BCUT2D eigenvalue weighted by Crippen LogP contribution is -2.58. The zero-order valence-corrected chi connectivity index (χ0v) is 13.8. The fraction of sp³-hybridized carbons (Fsp3) is 0.938. The van der Waals surface area contributed by atoms with Gasteiger partial charge in [-0.15, -0.1) is 0 Å². The van der Waals surface area contributed by atoms with Crippen LogP contribution in [0.15, 0.2) is 0 Å². The quantitative estimate of drug-likeness (QED) is 0.779. The lowest BCUT2D eigenvalue weighted by atomic mass is 9.85. The lowest BCUT2D eigenvalue weighted by Gasteiger charge is -2.50. The molecule has 1 spiro atoms. The number of rotatable bonds is 2. The lowest BCUT2D eigenvalue weighted by molar-refractivity contribution is -0.193. The predicted molar refractivity (Wildman–Crippen MR) is 81.7 cm³/mol. The second-order valence-corrected chi connectivity index (χ2v) is 6.78. The summed E-state index contributed by atoms with van der Waals surface area (Å²) < 4.78 is 16.7. The Kier molecular flexibility index (Phi) is 4.61. The molecule has 0 aromatic heterocycles. The van der Waals surface area contributed by atoms with Gasteiger partial charge in [0.2, 0.25) is 0 Å². The third kappa shape index (κ3) is 3.09. The molecular formula is C16H28N2O4. The molecule has 0 radical (unpaired) electrons. The zero-order chi connectivity index (χ0) is 15.6. The third-order valence-electron chi connectivity index (χ3n) is 5.47. The van der Waals surface area contributed by atoms with Gasteiger partial charge >= 0.3 is 6.09 Å². The highest BCUT2D eigenvalue weighted by molar-refractivity contribution is 5.67. The van der Waals surface area contributed by atoms with Crippen molar-refractivity contribution in [2.45, 2.75) is 50.9 Å². The van der Waals surface area contributed by atoms with Crippen molar-refractivity contribution in [2.75, 3.05) is 46.0 Å². The second-order valence-electron chi connectivity index (χ2n) is 6.78. The van der Waals surface area contributed by atoms with Crippen LogP contribution in [0.1, 0.15) is 39.5 Å². The fourth-order valence-electron chi connectivity index (χ4n) is 3.87. The number of likely N-dealkylation sites (tertiary alicyclic amines) is 2. The van der Waals surface area contributed by atoms with Crippen LogP contribution >= 0.6 is 0 Å². The van der Waals surface area contributed by atoms with Gasteiger partial charge in [0.15, 0.2) is 5.79 Å². The topological polar surface area (TPSA) is 51.2 Å². The minimum absolute atomic E-state index is 0.170. The maximum absolute atomic E-state index is 11.8. The molecule has 126 valence electrons. The standard InChI is InChI=1S/C16H28N2O4/c1-3-20-14(19)17-8-4-15(2,5-9-17)18-10-6-16(7-11-18)21-12-13-22-16/h3-13H2,1-2H3. The van der Waals surface area contributed by atoms with Crippen LogP contribution < -0.4 is 0 Å². The first-order valence-electron chi connectivity index (χ1n) is 8.52. The van der Waals surface area contributed by atoms with Crippen LogP contribution in [0.2, 0.25) is 0 Å². The average molecular weight is 312 g/mol. The van der Waals surface area contributed by atoms with E-state index in [2.05, 4.69) is 11.8 Å². The van der Waals surface area contributed by atoms with Gasteiger partial charge in [0.25, 0.3) is 0 Å². The molecule has 0 bridgehead atoms. The van der Waals surface area contributed by atoms with Crippen molar-refractivity contribution in [3.05, 3.63) is 0 Å². The molecule has 3 rings (SSSR count). The van der Waals surface area contributed by atoms with Gasteiger partial charge in [0.05, 0.1) is 19.8 Å². The maximum atomic E-state index is 11.8. The van der Waals surface area contributed by atoms with Crippen LogP contribution in [0, 0.1) is 0 Å². The van der Waals surface area contributed by atoms with Crippen molar-refractivity contribution in [3.63, 3.8) is 0 Å². The van der Waals surface area contributed by atoms with E-state index in [1.54, 1.807) is 0 Å². The minimum atomic E-state index is -0.307. The number of hydrogen-bond acceptors (Lipinski definition) is 5. The normalized spacial score (nSPS) is 28.0. The van der Waals surface area contributed by atoms with Crippen molar-refractivity contribution in [3.8, 4) is 0 Å². The van der Waals surface area contributed by atoms with Crippen LogP contribution in [-0.4, -0.2) is 73.2 Å². The number of piperidine rings is 2. The van der Waals surface area contributed by atoms with Gasteiger partial charge < -0.3 is 19.1 Å². The van der Waals surface area contributed by atoms with Gasteiger partial charge in [-0.25, -0.2) is 4.79 Å². The van der Waals surface area contributed by atoms with E-state index in [-0.39, 0.29) is 17.4 Å². The Balaban J connectivity index is 1.52. The van der Waals surface area contributed by atoms with Gasteiger partial charge in [-0.05, 0) is 26.7 Å². The SMILES string of the molecule is CCOC(=O)N1CCC(C)(N2CCC3(CC2)OCCO3)CC1. The van der Waals surface area contributed by atoms with Gasteiger partial charge in [0, 0.05) is 44.6 Å². The highest BCUT2D eigenvalue weighted by Gasteiger charge is 2.45. The van der Waals surface area contributed by atoms with E-state index in [9.17, 15) is 4.79 Å². The van der Waals surface area contributed by atoms with E-state index in [1.165, 1.54) is 0 Å².